The van der Waals surface area contributed by atoms with Crippen LogP contribution in [-0.2, 0) is 0 Å². The fourth-order valence-corrected chi connectivity index (χ4v) is 2.94. The summed E-state index contributed by atoms with van der Waals surface area (Å²) in [6, 6.07) is 0.741. The predicted octanol–water partition coefficient (Wildman–Crippen LogP) is 2.60. The molecule has 1 unspecified atom stereocenters. The molecule has 16 heavy (non-hydrogen) atoms. The Kier molecular flexibility index (Phi) is 5.77. The molecular formula is C14H30N2. The molecule has 1 atom stereocenters. The van der Waals surface area contributed by atoms with Crippen molar-refractivity contribution >= 4 is 0 Å². The maximum Gasteiger partial charge on any atom is 0.0207 e. The first-order valence-electron chi connectivity index (χ1n) is 7.00. The van der Waals surface area contributed by atoms with Gasteiger partial charge in [0, 0.05) is 19.1 Å². The summed E-state index contributed by atoms with van der Waals surface area (Å²) < 4.78 is 0. The van der Waals surface area contributed by atoms with E-state index >= 15 is 0 Å². The molecule has 0 aromatic rings. The number of nitrogens with zero attached hydrogens (tertiary/aromatic N) is 1. The van der Waals surface area contributed by atoms with Crippen molar-refractivity contribution in [3.05, 3.63) is 0 Å². The van der Waals surface area contributed by atoms with Crippen LogP contribution in [0.25, 0.3) is 0 Å². The second-order valence-corrected chi connectivity index (χ2v) is 5.95. The van der Waals surface area contributed by atoms with E-state index in [1.165, 1.54) is 26.1 Å². The lowest BCUT2D eigenvalue weighted by Crippen LogP contribution is -2.36. The van der Waals surface area contributed by atoms with Gasteiger partial charge in [-0.3, -0.25) is 0 Å². The maximum absolute atomic E-state index is 3.56. The van der Waals surface area contributed by atoms with E-state index in [9.17, 15) is 0 Å². The van der Waals surface area contributed by atoms with Crippen LogP contribution in [0.5, 0.6) is 0 Å². The summed E-state index contributed by atoms with van der Waals surface area (Å²) in [6.45, 7) is 16.6. The van der Waals surface area contributed by atoms with Crippen molar-refractivity contribution in [3.8, 4) is 0 Å². The Morgan fingerprint density at radius 3 is 2.31 bits per heavy atom. The van der Waals surface area contributed by atoms with Crippen molar-refractivity contribution in [2.45, 2.75) is 47.1 Å². The van der Waals surface area contributed by atoms with Crippen LogP contribution in [0.2, 0.25) is 0 Å². The van der Waals surface area contributed by atoms with Crippen LogP contribution < -0.4 is 5.32 Å². The molecule has 0 amide bonds. The van der Waals surface area contributed by atoms with Crippen LogP contribution in [-0.4, -0.2) is 37.1 Å². The van der Waals surface area contributed by atoms with Crippen molar-refractivity contribution in [3.63, 3.8) is 0 Å². The van der Waals surface area contributed by atoms with Crippen LogP contribution in [0.4, 0.5) is 0 Å². The van der Waals surface area contributed by atoms with Gasteiger partial charge >= 0.3 is 0 Å². The first-order valence-corrected chi connectivity index (χ1v) is 7.00. The van der Waals surface area contributed by atoms with E-state index in [-0.39, 0.29) is 0 Å². The fraction of sp³-hybridized carbons (Fsp3) is 1.00. The molecule has 0 radical (unpaired) electrons. The average molecular weight is 226 g/mol. The Bertz CT molecular complexity index is 181. The van der Waals surface area contributed by atoms with Crippen molar-refractivity contribution in [2.75, 3.05) is 26.2 Å². The van der Waals surface area contributed by atoms with Gasteiger partial charge in [0.05, 0.1) is 0 Å². The van der Waals surface area contributed by atoms with Gasteiger partial charge in [-0.1, -0.05) is 34.6 Å². The van der Waals surface area contributed by atoms with E-state index < -0.39 is 0 Å². The van der Waals surface area contributed by atoms with Crippen LogP contribution in [0, 0.1) is 17.8 Å². The third-order valence-electron chi connectivity index (χ3n) is 3.95. The second kappa shape index (κ2) is 6.61. The van der Waals surface area contributed by atoms with Crippen LogP contribution in [0.1, 0.15) is 41.0 Å². The highest BCUT2D eigenvalue weighted by atomic mass is 15.2. The molecular weight excluding hydrogens is 196 g/mol. The van der Waals surface area contributed by atoms with Crippen molar-refractivity contribution in [2.24, 2.45) is 17.8 Å². The van der Waals surface area contributed by atoms with Crippen LogP contribution in [0.15, 0.2) is 0 Å². The van der Waals surface area contributed by atoms with Gasteiger partial charge in [0.1, 0.15) is 0 Å². The molecule has 0 aromatic carbocycles. The highest BCUT2D eigenvalue weighted by Gasteiger charge is 2.26. The quantitative estimate of drug-likeness (QED) is 0.749. The van der Waals surface area contributed by atoms with Gasteiger partial charge in [0.25, 0.3) is 0 Å². The minimum atomic E-state index is 0.741. The summed E-state index contributed by atoms with van der Waals surface area (Å²) in [5, 5.41) is 3.56. The van der Waals surface area contributed by atoms with E-state index in [1.807, 2.05) is 0 Å². The third kappa shape index (κ3) is 4.06. The lowest BCUT2D eigenvalue weighted by Gasteiger charge is -2.29. The highest BCUT2D eigenvalue weighted by molar-refractivity contribution is 4.83. The van der Waals surface area contributed by atoms with Gasteiger partial charge in [-0.15, -0.1) is 0 Å². The third-order valence-corrected chi connectivity index (χ3v) is 3.95. The SMILES string of the molecule is CCNC1CCN(CC(C(C)C)C(C)C)C1. The lowest BCUT2D eigenvalue weighted by molar-refractivity contribution is 0.188. The van der Waals surface area contributed by atoms with Gasteiger partial charge in [0.15, 0.2) is 0 Å². The molecule has 1 saturated heterocycles. The Morgan fingerprint density at radius 1 is 1.19 bits per heavy atom. The van der Waals surface area contributed by atoms with Gasteiger partial charge in [-0.05, 0) is 37.3 Å². The Balaban J connectivity index is 2.36. The smallest absolute Gasteiger partial charge is 0.0207 e. The van der Waals surface area contributed by atoms with Crippen molar-refractivity contribution in [1.82, 2.24) is 10.2 Å². The van der Waals surface area contributed by atoms with Crippen LogP contribution in [0.3, 0.4) is 0 Å². The number of hydrogen-bond donors (Lipinski definition) is 1. The summed E-state index contributed by atoms with van der Waals surface area (Å²) >= 11 is 0. The number of hydrogen-bond acceptors (Lipinski definition) is 2. The van der Waals surface area contributed by atoms with E-state index in [4.69, 9.17) is 0 Å². The van der Waals surface area contributed by atoms with Crippen molar-refractivity contribution < 1.29 is 0 Å². The summed E-state index contributed by atoms with van der Waals surface area (Å²) in [7, 11) is 0. The van der Waals surface area contributed by atoms with E-state index in [1.54, 1.807) is 0 Å². The zero-order chi connectivity index (χ0) is 12.1. The molecule has 1 heterocycles. The lowest BCUT2D eigenvalue weighted by atomic mass is 9.85. The maximum atomic E-state index is 3.56. The number of likely N-dealkylation sites (N-methyl/N-ethyl adjacent to an activating group) is 1. The Morgan fingerprint density at radius 2 is 1.81 bits per heavy atom. The molecule has 1 rings (SSSR count). The molecule has 0 aromatic heterocycles. The minimum Gasteiger partial charge on any atom is -0.313 e. The first kappa shape index (κ1) is 14.0. The highest BCUT2D eigenvalue weighted by Crippen LogP contribution is 2.23. The summed E-state index contributed by atoms with van der Waals surface area (Å²) in [4.78, 5) is 2.65. The first-order chi connectivity index (χ1) is 7.54. The Hall–Kier alpha value is -0.0800. The van der Waals surface area contributed by atoms with E-state index in [0.29, 0.717) is 0 Å². The summed E-state index contributed by atoms with van der Waals surface area (Å²) in [5.41, 5.74) is 0. The molecule has 0 aliphatic carbocycles. The van der Waals surface area contributed by atoms with Gasteiger partial charge in [-0.2, -0.15) is 0 Å². The fourth-order valence-electron chi connectivity index (χ4n) is 2.94. The monoisotopic (exact) mass is 226 g/mol. The summed E-state index contributed by atoms with van der Waals surface area (Å²) in [5.74, 6) is 2.46. The topological polar surface area (TPSA) is 15.3 Å². The molecule has 2 heteroatoms. The number of likely N-dealkylation sites (tertiary alicyclic amines) is 1. The largest absolute Gasteiger partial charge is 0.313 e. The second-order valence-electron chi connectivity index (χ2n) is 5.95. The standard InChI is InChI=1S/C14H30N2/c1-6-15-13-7-8-16(9-13)10-14(11(2)3)12(4)5/h11-15H,6-10H2,1-5H3. The average Bonchev–Trinajstić information content (AvgIpc) is 2.61. The molecule has 1 N–H and O–H groups in total. The molecule has 1 aliphatic heterocycles. The number of nitrogens with one attached hydrogen (secondary N) is 1. The van der Waals surface area contributed by atoms with Crippen molar-refractivity contribution in [1.29, 1.82) is 0 Å². The number of rotatable bonds is 6. The molecule has 0 bridgehead atoms. The molecule has 0 spiro atoms. The Labute approximate surface area is 102 Å². The predicted molar refractivity (Wildman–Crippen MR) is 71.7 cm³/mol. The summed E-state index contributed by atoms with van der Waals surface area (Å²) in [6.07, 6.45) is 1.33. The van der Waals surface area contributed by atoms with Gasteiger partial charge in [-0.25, -0.2) is 0 Å². The van der Waals surface area contributed by atoms with Crippen LogP contribution >= 0.6 is 0 Å². The normalized spacial score (nSPS) is 22.9. The molecule has 1 aliphatic rings. The van der Waals surface area contributed by atoms with E-state index in [0.717, 1.165) is 30.3 Å². The molecule has 0 saturated carbocycles. The minimum absolute atomic E-state index is 0.741. The molecule has 1 fully saturated rings. The zero-order valence-corrected chi connectivity index (χ0v) is 11.8. The zero-order valence-electron chi connectivity index (χ0n) is 11.8. The molecule has 2 nitrogen and oxygen atoms in total. The van der Waals surface area contributed by atoms with Gasteiger partial charge < -0.3 is 10.2 Å². The van der Waals surface area contributed by atoms with Gasteiger partial charge in [0.2, 0.25) is 0 Å². The molecule has 96 valence electrons. The van der Waals surface area contributed by atoms with E-state index in [2.05, 4.69) is 44.8 Å².